The predicted molar refractivity (Wildman–Crippen MR) is 45.6 cm³/mol. The van der Waals surface area contributed by atoms with Crippen molar-refractivity contribution in [1.82, 2.24) is 10.2 Å². The van der Waals surface area contributed by atoms with E-state index in [0.717, 1.165) is 0 Å². The van der Waals surface area contributed by atoms with Gasteiger partial charge in [-0.05, 0) is 27.7 Å². The summed E-state index contributed by atoms with van der Waals surface area (Å²) >= 11 is 0. The minimum atomic E-state index is -0.139. The van der Waals surface area contributed by atoms with Crippen LogP contribution in [-0.4, -0.2) is 30.1 Å². The number of urea groups is 1. The molecule has 65 valence electrons. The summed E-state index contributed by atoms with van der Waals surface area (Å²) in [5, 5.41) is 3.78. The monoisotopic (exact) mass is 157 g/mol. The molecule has 1 radical (unpaired) electrons. The zero-order valence-corrected chi connectivity index (χ0v) is 8.01. The molecule has 0 saturated carbocycles. The first-order valence-electron chi connectivity index (χ1n) is 3.85. The summed E-state index contributed by atoms with van der Waals surface area (Å²) in [4.78, 5) is 12.8. The normalized spacial score (nSPS) is 11.0. The topological polar surface area (TPSA) is 34.4 Å². The van der Waals surface area contributed by atoms with Gasteiger partial charge in [0.05, 0.1) is 0 Å². The highest BCUT2D eigenvalue weighted by Gasteiger charge is 2.21. The first-order chi connectivity index (χ1) is 4.89. The minimum absolute atomic E-state index is 0.129. The summed E-state index contributed by atoms with van der Waals surface area (Å²) in [6.07, 6.45) is 0. The molecule has 0 aliphatic rings. The molecule has 0 fully saturated rings. The van der Waals surface area contributed by atoms with E-state index in [1.165, 1.54) is 0 Å². The molecule has 0 unspecified atom stereocenters. The van der Waals surface area contributed by atoms with E-state index < -0.39 is 0 Å². The fourth-order valence-corrected chi connectivity index (χ4v) is 0.528. The zero-order valence-electron chi connectivity index (χ0n) is 8.01. The Kier molecular flexibility index (Phi) is 3.36. The number of hydrogen-bond donors (Lipinski definition) is 0. The van der Waals surface area contributed by atoms with Gasteiger partial charge in [-0.2, -0.15) is 0 Å². The average molecular weight is 157 g/mol. The van der Waals surface area contributed by atoms with Crippen LogP contribution >= 0.6 is 0 Å². The highest BCUT2D eigenvalue weighted by molar-refractivity contribution is 5.74. The minimum Gasteiger partial charge on any atom is -0.321 e. The van der Waals surface area contributed by atoms with Gasteiger partial charge in [0.15, 0.2) is 0 Å². The molecule has 0 atom stereocenters. The van der Waals surface area contributed by atoms with Crippen LogP contribution in [0.4, 0.5) is 4.79 Å². The zero-order chi connectivity index (χ0) is 9.07. The van der Waals surface area contributed by atoms with Gasteiger partial charge in [0, 0.05) is 19.1 Å². The van der Waals surface area contributed by atoms with Crippen molar-refractivity contribution in [2.75, 3.05) is 13.6 Å². The van der Waals surface area contributed by atoms with Crippen LogP contribution in [0.25, 0.3) is 0 Å². The SMILES string of the molecule is CC[N]C(=O)N(C)C(C)(C)C. The van der Waals surface area contributed by atoms with Crippen LogP contribution in [0.15, 0.2) is 0 Å². The summed E-state index contributed by atoms with van der Waals surface area (Å²) < 4.78 is 0. The summed E-state index contributed by atoms with van der Waals surface area (Å²) in [5.41, 5.74) is -0.129. The molecule has 0 rings (SSSR count). The Hall–Kier alpha value is -0.730. The second-order valence-corrected chi connectivity index (χ2v) is 3.49. The van der Waals surface area contributed by atoms with E-state index in [4.69, 9.17) is 0 Å². The highest BCUT2D eigenvalue weighted by atomic mass is 16.2. The number of hydrogen-bond acceptors (Lipinski definition) is 1. The molecule has 0 N–H and O–H groups in total. The molecule has 0 aromatic rings. The Morgan fingerprint density at radius 2 is 1.91 bits per heavy atom. The van der Waals surface area contributed by atoms with E-state index in [2.05, 4.69) is 5.32 Å². The maximum atomic E-state index is 11.1. The number of carbonyl (C=O) groups is 1. The molecule has 0 aliphatic heterocycles. The molecule has 0 spiro atoms. The van der Waals surface area contributed by atoms with Crippen LogP contribution in [0.5, 0.6) is 0 Å². The van der Waals surface area contributed by atoms with Crippen LogP contribution < -0.4 is 5.32 Å². The molecule has 11 heavy (non-hydrogen) atoms. The van der Waals surface area contributed by atoms with Crippen LogP contribution in [0, 0.1) is 0 Å². The van der Waals surface area contributed by atoms with Gasteiger partial charge < -0.3 is 4.90 Å². The van der Waals surface area contributed by atoms with Gasteiger partial charge in [-0.1, -0.05) is 0 Å². The summed E-state index contributed by atoms with van der Waals surface area (Å²) in [6.45, 7) is 8.36. The lowest BCUT2D eigenvalue weighted by atomic mass is 10.1. The van der Waals surface area contributed by atoms with Crippen molar-refractivity contribution in [2.24, 2.45) is 0 Å². The van der Waals surface area contributed by atoms with E-state index in [0.29, 0.717) is 6.54 Å². The highest BCUT2D eigenvalue weighted by Crippen LogP contribution is 2.09. The molecule has 0 saturated heterocycles. The molecule has 0 bridgehead atoms. The lowest BCUT2D eigenvalue weighted by molar-refractivity contribution is 0.165. The number of nitrogens with zero attached hydrogens (tertiary/aromatic N) is 2. The standard InChI is InChI=1S/C8H17N2O/c1-6-9-7(11)10(5)8(2,3)4/h6H2,1-5H3. The van der Waals surface area contributed by atoms with Crippen LogP contribution in [0.2, 0.25) is 0 Å². The molecule has 0 heterocycles. The Balaban J connectivity index is 4.03. The Morgan fingerprint density at radius 1 is 1.45 bits per heavy atom. The third kappa shape index (κ3) is 3.25. The molecular weight excluding hydrogens is 140 g/mol. The Labute approximate surface area is 68.8 Å². The summed E-state index contributed by atoms with van der Waals surface area (Å²) in [6, 6.07) is -0.139. The smallest absolute Gasteiger partial charge is 0.321 e. The van der Waals surface area contributed by atoms with E-state index in [1.807, 2.05) is 27.7 Å². The molecule has 3 nitrogen and oxygen atoms in total. The van der Waals surface area contributed by atoms with Crippen LogP contribution in [-0.2, 0) is 0 Å². The van der Waals surface area contributed by atoms with Gasteiger partial charge in [0.25, 0.3) is 0 Å². The molecular formula is C8H17N2O. The van der Waals surface area contributed by atoms with Crippen LogP contribution in [0.3, 0.4) is 0 Å². The second-order valence-electron chi connectivity index (χ2n) is 3.49. The van der Waals surface area contributed by atoms with Crippen molar-refractivity contribution in [3.8, 4) is 0 Å². The summed E-state index contributed by atoms with van der Waals surface area (Å²) in [5.74, 6) is 0. The lowest BCUT2D eigenvalue weighted by Crippen LogP contribution is -2.45. The first kappa shape index (κ1) is 10.3. The van der Waals surface area contributed by atoms with Crippen molar-refractivity contribution in [3.05, 3.63) is 0 Å². The average Bonchev–Trinajstić information content (AvgIpc) is 1.85. The van der Waals surface area contributed by atoms with E-state index in [1.54, 1.807) is 11.9 Å². The molecule has 3 heteroatoms. The molecule has 0 aromatic heterocycles. The number of carbonyl (C=O) groups excluding carboxylic acids is 1. The molecule has 0 aliphatic carbocycles. The van der Waals surface area contributed by atoms with E-state index >= 15 is 0 Å². The molecule has 2 amide bonds. The van der Waals surface area contributed by atoms with Crippen LogP contribution in [0.1, 0.15) is 27.7 Å². The fourth-order valence-electron chi connectivity index (χ4n) is 0.528. The van der Waals surface area contributed by atoms with Crippen molar-refractivity contribution in [2.45, 2.75) is 33.2 Å². The van der Waals surface area contributed by atoms with Crippen molar-refractivity contribution >= 4 is 6.03 Å². The fraction of sp³-hybridized carbons (Fsp3) is 0.875. The number of rotatable bonds is 1. The largest absolute Gasteiger partial charge is 0.339 e. The van der Waals surface area contributed by atoms with E-state index in [9.17, 15) is 4.79 Å². The van der Waals surface area contributed by atoms with Gasteiger partial charge in [0.2, 0.25) is 0 Å². The van der Waals surface area contributed by atoms with Gasteiger partial charge >= 0.3 is 6.03 Å². The quantitative estimate of drug-likeness (QED) is 0.567. The third-order valence-corrected chi connectivity index (χ3v) is 1.59. The molecule has 0 aromatic carbocycles. The Morgan fingerprint density at radius 3 is 2.18 bits per heavy atom. The van der Waals surface area contributed by atoms with E-state index in [-0.39, 0.29) is 11.6 Å². The van der Waals surface area contributed by atoms with Gasteiger partial charge in [-0.15, -0.1) is 0 Å². The van der Waals surface area contributed by atoms with Crippen molar-refractivity contribution in [1.29, 1.82) is 0 Å². The summed E-state index contributed by atoms with van der Waals surface area (Å²) in [7, 11) is 1.77. The maximum absolute atomic E-state index is 11.1. The lowest BCUT2D eigenvalue weighted by Gasteiger charge is -2.30. The first-order valence-corrected chi connectivity index (χ1v) is 3.85. The van der Waals surface area contributed by atoms with Crippen molar-refractivity contribution in [3.63, 3.8) is 0 Å². The maximum Gasteiger partial charge on any atom is 0.339 e. The van der Waals surface area contributed by atoms with Gasteiger partial charge in [0.1, 0.15) is 0 Å². The number of amides is 2. The predicted octanol–water partition coefficient (Wildman–Crippen LogP) is 1.46. The van der Waals surface area contributed by atoms with Gasteiger partial charge in [-0.3, -0.25) is 0 Å². The second kappa shape index (κ2) is 3.60. The van der Waals surface area contributed by atoms with Crippen molar-refractivity contribution < 1.29 is 4.79 Å². The Bertz CT molecular complexity index is 138. The third-order valence-electron chi connectivity index (χ3n) is 1.59. The van der Waals surface area contributed by atoms with Gasteiger partial charge in [-0.25, -0.2) is 10.1 Å².